The van der Waals surface area contributed by atoms with Gasteiger partial charge in [0, 0.05) is 11.3 Å². The smallest absolute Gasteiger partial charge is 0.408 e. The van der Waals surface area contributed by atoms with Gasteiger partial charge in [-0.1, -0.05) is 72.8 Å². The van der Waals surface area contributed by atoms with Crippen LogP contribution < -0.4 is 26.2 Å². The van der Waals surface area contributed by atoms with Crippen LogP contribution in [0.15, 0.2) is 100 Å². The molecule has 6 rings (SSSR count). The molecule has 3 N–H and O–H groups in total. The maximum atomic E-state index is 14.4. The molecule has 0 aromatic heterocycles. The Morgan fingerprint density at radius 1 is 0.852 bits per heavy atom. The van der Waals surface area contributed by atoms with Crippen LogP contribution in [0.25, 0.3) is 5.57 Å². The van der Waals surface area contributed by atoms with E-state index >= 15 is 0 Å². The molecule has 0 aliphatic carbocycles. The van der Waals surface area contributed by atoms with E-state index in [-0.39, 0.29) is 34.1 Å². The maximum Gasteiger partial charge on any atom is 0.408 e. The molecule has 14 heteroatoms. The number of carbonyl (C=O) groups is 4. The average Bonchev–Trinajstić information content (AvgIpc) is 3.14. The summed E-state index contributed by atoms with van der Waals surface area (Å²) in [5.74, 6) is -2.64. The van der Waals surface area contributed by atoms with Crippen LogP contribution in [0, 0.1) is 0 Å². The van der Waals surface area contributed by atoms with E-state index in [1.54, 1.807) is 83.1 Å². The highest BCUT2D eigenvalue weighted by molar-refractivity contribution is 8.00. The predicted octanol–water partition coefficient (Wildman–Crippen LogP) is 4.49. The summed E-state index contributed by atoms with van der Waals surface area (Å²) >= 11 is 1.17. The summed E-state index contributed by atoms with van der Waals surface area (Å²) in [5.41, 5.74) is -1.20. The lowest BCUT2D eigenvalue weighted by Gasteiger charge is -2.50. The number of fused-ring (bicyclic) bond motifs is 1. The van der Waals surface area contributed by atoms with Crippen LogP contribution in [-0.2, 0) is 23.9 Å². The molecule has 54 heavy (non-hydrogen) atoms. The number of thioether (sulfide) groups is 1. The number of hydrogen-bond donors (Lipinski definition) is 3. The number of phenols is 1. The molecule has 1 fully saturated rings. The van der Waals surface area contributed by atoms with Gasteiger partial charge >= 0.3 is 12.1 Å². The Bertz CT molecular complexity index is 2130. The molecule has 0 bridgehead atoms. The summed E-state index contributed by atoms with van der Waals surface area (Å²) < 4.78 is 17.2. The molecule has 4 aromatic carbocycles. The molecule has 3 amide bonds. The van der Waals surface area contributed by atoms with Crippen molar-refractivity contribution >= 4 is 41.2 Å². The van der Waals surface area contributed by atoms with Crippen molar-refractivity contribution in [2.45, 2.75) is 69.9 Å². The van der Waals surface area contributed by atoms with Gasteiger partial charge in [-0.15, -0.1) is 11.8 Å². The standard InChI is InChI=1S/C40H39N3O10S/c1-21(2)51-34-27(31(45)32(34)46)26-20-54-37-29(41-35(47)28(22-16-18-25(44)19-17-22)42-39(50)53-40(3,4)5)36(48)43(37)30(26)38(49)52-33(23-12-8-6-9-13-23)24-14-10-7-11-15-24/h6-19,21,28-29,33,37,44H,20H2,1-5H3,(H,41,47)(H,42,50)/t28-,29?,37-/m1/s1. The Hall–Kier alpha value is -5.89. The van der Waals surface area contributed by atoms with Crippen LogP contribution in [0.4, 0.5) is 4.79 Å². The molecular formula is C40H39N3O10S. The quantitative estimate of drug-likeness (QED) is 0.112. The monoisotopic (exact) mass is 753 g/mol. The van der Waals surface area contributed by atoms with Gasteiger partial charge in [0.1, 0.15) is 34.5 Å². The van der Waals surface area contributed by atoms with Crippen molar-refractivity contribution < 1.29 is 38.5 Å². The van der Waals surface area contributed by atoms with E-state index in [9.17, 15) is 33.9 Å². The predicted molar refractivity (Wildman–Crippen MR) is 200 cm³/mol. The van der Waals surface area contributed by atoms with Gasteiger partial charge in [0.05, 0.1) is 11.7 Å². The zero-order valence-corrected chi connectivity index (χ0v) is 31.0. The summed E-state index contributed by atoms with van der Waals surface area (Å²) in [7, 11) is 0. The van der Waals surface area contributed by atoms with Gasteiger partial charge in [-0.3, -0.25) is 24.1 Å². The van der Waals surface area contributed by atoms with Gasteiger partial charge in [-0.2, -0.15) is 0 Å². The fourth-order valence-electron chi connectivity index (χ4n) is 6.17. The number of nitrogens with zero attached hydrogens (tertiary/aromatic N) is 1. The third kappa shape index (κ3) is 7.74. The lowest BCUT2D eigenvalue weighted by molar-refractivity contribution is -0.154. The number of ether oxygens (including phenoxy) is 3. The average molecular weight is 754 g/mol. The molecule has 1 saturated heterocycles. The Kier molecular flexibility index (Phi) is 10.7. The van der Waals surface area contributed by atoms with Crippen molar-refractivity contribution in [1.29, 1.82) is 0 Å². The number of amides is 3. The first-order valence-corrected chi connectivity index (χ1v) is 18.3. The van der Waals surface area contributed by atoms with E-state index in [1.807, 2.05) is 12.1 Å². The van der Waals surface area contributed by atoms with Crippen molar-refractivity contribution in [1.82, 2.24) is 15.5 Å². The molecule has 1 unspecified atom stereocenters. The second-order valence-corrected chi connectivity index (χ2v) is 15.1. The van der Waals surface area contributed by atoms with E-state index in [0.29, 0.717) is 16.7 Å². The van der Waals surface area contributed by atoms with Crippen LogP contribution in [0.2, 0.25) is 0 Å². The van der Waals surface area contributed by atoms with Gasteiger partial charge in [-0.25, -0.2) is 9.59 Å². The molecule has 2 heterocycles. The van der Waals surface area contributed by atoms with Gasteiger partial charge in [0.25, 0.3) is 11.3 Å². The first-order chi connectivity index (χ1) is 25.6. The molecule has 2 aliphatic rings. The number of β-lactam (4-membered cyclic amide) rings is 1. The van der Waals surface area contributed by atoms with Crippen molar-refractivity contribution in [3.8, 4) is 11.5 Å². The summed E-state index contributed by atoms with van der Waals surface area (Å²) in [6.45, 7) is 8.37. The van der Waals surface area contributed by atoms with E-state index in [0.717, 1.165) is 4.90 Å². The number of nitrogens with one attached hydrogen (secondary N) is 2. The highest BCUT2D eigenvalue weighted by Crippen LogP contribution is 2.45. The molecule has 3 atom stereocenters. The Morgan fingerprint density at radius 2 is 1.44 bits per heavy atom. The Morgan fingerprint density at radius 3 is 2.00 bits per heavy atom. The third-order valence-electron chi connectivity index (χ3n) is 8.56. The van der Waals surface area contributed by atoms with Crippen LogP contribution in [0.3, 0.4) is 0 Å². The molecule has 0 saturated carbocycles. The number of hydrogen-bond acceptors (Lipinski definition) is 11. The zero-order valence-electron chi connectivity index (χ0n) is 30.2. The number of rotatable bonds is 11. The van der Waals surface area contributed by atoms with E-state index in [1.165, 1.54) is 36.0 Å². The molecule has 280 valence electrons. The minimum Gasteiger partial charge on any atom is -0.508 e. The van der Waals surface area contributed by atoms with E-state index < -0.39 is 70.0 Å². The zero-order chi connectivity index (χ0) is 38.9. The summed E-state index contributed by atoms with van der Waals surface area (Å²) in [6.07, 6.45) is -2.26. The minimum atomic E-state index is -1.33. The number of aromatic hydroxyl groups is 1. The molecule has 13 nitrogen and oxygen atoms in total. The summed E-state index contributed by atoms with van der Waals surface area (Å²) in [5, 5.41) is 14.2. The molecule has 4 aromatic rings. The van der Waals surface area contributed by atoms with Gasteiger partial charge in [0.15, 0.2) is 11.9 Å². The van der Waals surface area contributed by atoms with Crippen LogP contribution in [0.1, 0.15) is 69.0 Å². The number of phenolic OH excluding ortho intramolecular Hbond substituents is 1. The largest absolute Gasteiger partial charge is 0.508 e. The molecular weight excluding hydrogens is 715 g/mol. The minimum absolute atomic E-state index is 0.0105. The second kappa shape index (κ2) is 15.2. The molecule has 0 radical (unpaired) electrons. The van der Waals surface area contributed by atoms with Crippen LogP contribution >= 0.6 is 11.8 Å². The second-order valence-electron chi connectivity index (χ2n) is 14.0. The van der Waals surface area contributed by atoms with Gasteiger partial charge in [-0.05, 0) is 63.4 Å². The fraction of sp³-hybridized carbons (Fsp3) is 0.300. The van der Waals surface area contributed by atoms with Crippen LogP contribution in [-0.4, -0.2) is 62.8 Å². The maximum absolute atomic E-state index is 14.4. The number of alkyl carbamates (subject to hydrolysis) is 1. The van der Waals surface area contributed by atoms with Crippen molar-refractivity contribution in [3.63, 3.8) is 0 Å². The van der Waals surface area contributed by atoms with E-state index in [2.05, 4.69) is 10.6 Å². The van der Waals surface area contributed by atoms with Gasteiger partial charge in [0.2, 0.25) is 11.3 Å². The number of benzene rings is 3. The topological polar surface area (TPSA) is 178 Å². The fourth-order valence-corrected chi connectivity index (χ4v) is 7.52. The summed E-state index contributed by atoms with van der Waals surface area (Å²) in [6, 6.07) is 21.1. The van der Waals surface area contributed by atoms with Crippen molar-refractivity contribution in [3.05, 3.63) is 133 Å². The van der Waals surface area contributed by atoms with Gasteiger partial charge < -0.3 is 30.0 Å². The SMILES string of the molecule is CC(C)Oc1c(C2=C(C(=O)OC(c3ccccc3)c3ccccc3)N3C(=O)C(NC(=O)[C@H](NC(=O)OC(C)(C)C)c4ccc(O)cc4)[C@H]3SC2)c(=O)c1=O. The normalized spacial score (nSPS) is 17.5. The number of esters is 1. The molecule has 2 aliphatic heterocycles. The first kappa shape index (κ1) is 37.9. The van der Waals surface area contributed by atoms with Crippen molar-refractivity contribution in [2.24, 2.45) is 0 Å². The number of carbonyl (C=O) groups excluding carboxylic acids is 4. The van der Waals surface area contributed by atoms with Crippen molar-refractivity contribution in [2.75, 3.05) is 5.75 Å². The van der Waals surface area contributed by atoms with Crippen LogP contribution in [0.5, 0.6) is 11.5 Å². The summed E-state index contributed by atoms with van der Waals surface area (Å²) in [4.78, 5) is 82.1. The molecule has 0 spiro atoms. The highest BCUT2D eigenvalue weighted by Gasteiger charge is 2.56. The first-order valence-electron chi connectivity index (χ1n) is 17.2. The Labute approximate surface area is 315 Å². The third-order valence-corrected chi connectivity index (χ3v) is 9.84. The Balaban J connectivity index is 1.34. The lowest BCUT2D eigenvalue weighted by atomic mass is 9.94. The van der Waals surface area contributed by atoms with E-state index in [4.69, 9.17) is 14.2 Å². The highest BCUT2D eigenvalue weighted by atomic mass is 32.2. The lowest BCUT2D eigenvalue weighted by Crippen LogP contribution is -2.71.